The molecule has 1 saturated carbocycles. The summed E-state index contributed by atoms with van der Waals surface area (Å²) in [6, 6.07) is 10.1. The quantitative estimate of drug-likeness (QED) is 0.464. The van der Waals surface area contributed by atoms with Crippen LogP contribution in [0.4, 0.5) is 18.9 Å². The Morgan fingerprint density at radius 3 is 2.47 bits per heavy atom. The molecule has 0 radical (unpaired) electrons. The zero-order valence-electron chi connectivity index (χ0n) is 16.9. The number of nitrogens with zero attached hydrogens (tertiary/aromatic N) is 1. The summed E-state index contributed by atoms with van der Waals surface area (Å²) in [5.41, 5.74) is 1.38. The second-order valence-corrected chi connectivity index (χ2v) is 12.5. The SMILES string of the molecule is O=S(=O)(c1cccc(OC(F)(F)F)c1)N1c2ccc(Br)cc2C2(CCSCC2)C1C1CC1. The lowest BCUT2D eigenvalue weighted by Crippen LogP contribution is -2.50. The molecule has 1 aliphatic carbocycles. The normalized spacial score (nSPS) is 22.8. The van der Waals surface area contributed by atoms with Crippen LogP contribution in [0.5, 0.6) is 5.75 Å². The Labute approximate surface area is 197 Å². The van der Waals surface area contributed by atoms with Crippen molar-refractivity contribution in [2.45, 2.75) is 48.4 Å². The summed E-state index contributed by atoms with van der Waals surface area (Å²) in [5, 5.41) is 0. The number of benzene rings is 2. The van der Waals surface area contributed by atoms with Crippen LogP contribution in [0.2, 0.25) is 0 Å². The summed E-state index contributed by atoms with van der Waals surface area (Å²) in [6.07, 6.45) is -1.22. The predicted octanol–water partition coefficient (Wildman–Crippen LogP) is 6.10. The molecule has 1 saturated heterocycles. The van der Waals surface area contributed by atoms with E-state index in [1.165, 1.54) is 16.4 Å². The van der Waals surface area contributed by atoms with E-state index in [1.54, 1.807) is 0 Å². The molecule has 0 bridgehead atoms. The van der Waals surface area contributed by atoms with Crippen molar-refractivity contribution in [2.75, 3.05) is 15.8 Å². The fraction of sp³-hybridized carbons (Fsp3) is 0.455. The number of anilines is 1. The second-order valence-electron chi connectivity index (χ2n) is 8.54. The van der Waals surface area contributed by atoms with Gasteiger partial charge in [0.25, 0.3) is 10.0 Å². The van der Waals surface area contributed by atoms with E-state index in [0.29, 0.717) is 5.69 Å². The molecule has 2 aromatic carbocycles. The van der Waals surface area contributed by atoms with Gasteiger partial charge >= 0.3 is 6.36 Å². The van der Waals surface area contributed by atoms with Crippen LogP contribution < -0.4 is 9.04 Å². The Hall–Kier alpha value is -1.39. The minimum Gasteiger partial charge on any atom is -0.406 e. The number of fused-ring (bicyclic) bond motifs is 2. The van der Waals surface area contributed by atoms with E-state index in [0.717, 1.165) is 59.4 Å². The Morgan fingerprint density at radius 1 is 1.09 bits per heavy atom. The number of ether oxygens (including phenoxy) is 1. The minimum atomic E-state index is -4.89. The summed E-state index contributed by atoms with van der Waals surface area (Å²) in [7, 11) is -4.11. The van der Waals surface area contributed by atoms with Crippen molar-refractivity contribution < 1.29 is 26.3 Å². The predicted molar refractivity (Wildman–Crippen MR) is 122 cm³/mol. The molecule has 4 nitrogen and oxygen atoms in total. The van der Waals surface area contributed by atoms with Gasteiger partial charge in [-0.3, -0.25) is 4.31 Å². The average molecular weight is 548 g/mol. The first-order valence-electron chi connectivity index (χ1n) is 10.4. The zero-order valence-corrected chi connectivity index (χ0v) is 20.2. The standard InChI is InChI=1S/C22H21BrF3NO3S2/c23-15-6-7-19-18(12-15)21(8-10-31-11-9-21)20(14-4-5-14)27(19)32(28,29)17-3-1-2-16(13-17)30-22(24,25)26/h1-3,6-7,12-14,20H,4-5,8-11H2. The van der Waals surface area contributed by atoms with Gasteiger partial charge in [0.05, 0.1) is 16.6 Å². The topological polar surface area (TPSA) is 46.6 Å². The highest BCUT2D eigenvalue weighted by atomic mass is 79.9. The Bertz CT molecular complexity index is 1150. The van der Waals surface area contributed by atoms with Gasteiger partial charge in [-0.1, -0.05) is 22.0 Å². The molecule has 1 atom stereocenters. The van der Waals surface area contributed by atoms with Crippen LogP contribution in [0.3, 0.4) is 0 Å². The smallest absolute Gasteiger partial charge is 0.406 e. The highest BCUT2D eigenvalue weighted by molar-refractivity contribution is 9.10. The maximum absolute atomic E-state index is 13.9. The highest BCUT2D eigenvalue weighted by Crippen LogP contribution is 2.60. The molecule has 1 unspecified atom stereocenters. The van der Waals surface area contributed by atoms with Crippen LogP contribution in [0.15, 0.2) is 51.8 Å². The molecule has 3 aliphatic rings. The molecule has 2 fully saturated rings. The fourth-order valence-corrected chi connectivity index (χ4v) is 8.63. The summed E-state index contributed by atoms with van der Waals surface area (Å²) in [5.74, 6) is 1.62. The van der Waals surface area contributed by atoms with Crippen LogP contribution >= 0.6 is 27.7 Å². The monoisotopic (exact) mass is 547 g/mol. The number of hydrogen-bond acceptors (Lipinski definition) is 4. The Morgan fingerprint density at radius 2 is 1.81 bits per heavy atom. The van der Waals surface area contributed by atoms with Crippen molar-refractivity contribution in [2.24, 2.45) is 5.92 Å². The van der Waals surface area contributed by atoms with Gasteiger partial charge in [-0.25, -0.2) is 8.42 Å². The summed E-state index contributed by atoms with van der Waals surface area (Å²) in [6.45, 7) is 0. The van der Waals surface area contributed by atoms with Gasteiger partial charge < -0.3 is 4.74 Å². The van der Waals surface area contributed by atoms with E-state index in [2.05, 4.69) is 20.7 Å². The van der Waals surface area contributed by atoms with E-state index in [1.807, 2.05) is 30.0 Å². The van der Waals surface area contributed by atoms with Crippen molar-refractivity contribution >= 4 is 43.4 Å². The first-order valence-corrected chi connectivity index (χ1v) is 13.8. The molecule has 2 heterocycles. The van der Waals surface area contributed by atoms with Crippen LogP contribution in [-0.4, -0.2) is 32.3 Å². The maximum atomic E-state index is 13.9. The lowest BCUT2D eigenvalue weighted by atomic mass is 9.70. The fourth-order valence-electron chi connectivity index (χ4n) is 5.21. The summed E-state index contributed by atoms with van der Waals surface area (Å²) >= 11 is 5.42. The number of thioether (sulfide) groups is 1. The van der Waals surface area contributed by atoms with Gasteiger partial charge in [0.15, 0.2) is 0 Å². The van der Waals surface area contributed by atoms with Crippen LogP contribution in [-0.2, 0) is 15.4 Å². The maximum Gasteiger partial charge on any atom is 0.573 e. The molecule has 0 aromatic heterocycles. The number of rotatable bonds is 4. The number of hydrogen-bond donors (Lipinski definition) is 0. The average Bonchev–Trinajstić information content (AvgIpc) is 3.53. The van der Waals surface area contributed by atoms with Crippen molar-refractivity contribution in [3.8, 4) is 5.75 Å². The zero-order chi connectivity index (χ0) is 22.7. The van der Waals surface area contributed by atoms with Gasteiger partial charge in [0.2, 0.25) is 0 Å². The molecular formula is C22H21BrF3NO3S2. The molecule has 172 valence electrons. The van der Waals surface area contributed by atoms with E-state index >= 15 is 0 Å². The van der Waals surface area contributed by atoms with E-state index in [4.69, 9.17) is 0 Å². The molecule has 0 amide bonds. The van der Waals surface area contributed by atoms with Gasteiger partial charge in [-0.05, 0) is 79.0 Å². The van der Waals surface area contributed by atoms with Crippen LogP contribution in [0.1, 0.15) is 31.2 Å². The lowest BCUT2D eigenvalue weighted by Gasteiger charge is -2.41. The Balaban J connectivity index is 1.65. The molecule has 2 aliphatic heterocycles. The number of halogens is 4. The van der Waals surface area contributed by atoms with E-state index < -0.39 is 22.1 Å². The summed E-state index contributed by atoms with van der Waals surface area (Å²) in [4.78, 5) is -0.194. The van der Waals surface area contributed by atoms with Gasteiger partial charge in [-0.2, -0.15) is 11.8 Å². The first-order chi connectivity index (χ1) is 15.1. The minimum absolute atomic E-state index is 0.194. The molecule has 2 aromatic rings. The van der Waals surface area contributed by atoms with Crippen LogP contribution in [0.25, 0.3) is 0 Å². The third-order valence-corrected chi connectivity index (χ3v) is 9.87. The number of sulfonamides is 1. The molecule has 5 rings (SSSR count). The van der Waals surface area contributed by atoms with Gasteiger partial charge in [-0.15, -0.1) is 13.2 Å². The van der Waals surface area contributed by atoms with Crippen LogP contribution in [0, 0.1) is 5.92 Å². The third kappa shape index (κ3) is 3.81. The Kier molecular flexibility index (Phi) is 5.49. The summed E-state index contributed by atoms with van der Waals surface area (Å²) < 4.78 is 72.5. The first kappa shape index (κ1) is 22.4. The largest absolute Gasteiger partial charge is 0.573 e. The molecule has 32 heavy (non-hydrogen) atoms. The molecule has 0 N–H and O–H groups in total. The van der Waals surface area contributed by atoms with Gasteiger partial charge in [0, 0.05) is 16.0 Å². The van der Waals surface area contributed by atoms with Gasteiger partial charge in [0.1, 0.15) is 5.75 Å². The molecule has 10 heteroatoms. The van der Waals surface area contributed by atoms with Crippen molar-refractivity contribution in [1.29, 1.82) is 0 Å². The second kappa shape index (κ2) is 7.84. The van der Waals surface area contributed by atoms with Crippen molar-refractivity contribution in [1.82, 2.24) is 0 Å². The van der Waals surface area contributed by atoms with Crippen molar-refractivity contribution in [3.63, 3.8) is 0 Å². The lowest BCUT2D eigenvalue weighted by molar-refractivity contribution is -0.274. The van der Waals surface area contributed by atoms with E-state index in [9.17, 15) is 21.6 Å². The number of alkyl halides is 3. The highest BCUT2D eigenvalue weighted by Gasteiger charge is 2.59. The molecular weight excluding hydrogens is 527 g/mol. The van der Waals surface area contributed by atoms with E-state index in [-0.39, 0.29) is 22.3 Å². The third-order valence-electron chi connectivity index (χ3n) is 6.60. The molecule has 1 spiro atoms. The van der Waals surface area contributed by atoms with Crippen molar-refractivity contribution in [3.05, 3.63) is 52.5 Å².